The third kappa shape index (κ3) is 2.57. The minimum Gasteiger partial charge on any atom is -0.466 e. The maximum atomic E-state index is 11.3. The van der Waals surface area contributed by atoms with Crippen LogP contribution in [0.3, 0.4) is 0 Å². The van der Waals surface area contributed by atoms with Gasteiger partial charge in [-0.2, -0.15) is 0 Å². The summed E-state index contributed by atoms with van der Waals surface area (Å²) in [7, 11) is -0.864. The topological polar surface area (TPSA) is 55.8 Å². The third-order valence-corrected chi connectivity index (χ3v) is 3.22. The molecular formula is C13H17BO4. The highest BCUT2D eigenvalue weighted by Gasteiger charge is 2.31. The molecule has 4 nitrogen and oxygen atoms in total. The van der Waals surface area contributed by atoms with Gasteiger partial charge in [-0.15, -0.1) is 0 Å². The standard InChI is InChI=1S/C13H17BO4/c1-3-17-12(15)7-6-10-5-4-9(2)11-8-18-14(16)13(10)11/h4-5,16H,3,6-8H2,1-2H3. The van der Waals surface area contributed by atoms with Crippen molar-refractivity contribution < 1.29 is 19.2 Å². The largest absolute Gasteiger partial charge is 0.492 e. The van der Waals surface area contributed by atoms with Gasteiger partial charge in [0.25, 0.3) is 0 Å². The van der Waals surface area contributed by atoms with Crippen LogP contribution in [0, 0.1) is 6.92 Å². The average Bonchev–Trinajstić information content (AvgIpc) is 2.73. The molecule has 0 aliphatic carbocycles. The molecule has 0 bridgehead atoms. The second-order valence-electron chi connectivity index (χ2n) is 4.40. The number of carbonyl (C=O) groups excluding carboxylic acids is 1. The molecule has 5 heteroatoms. The first-order valence-corrected chi connectivity index (χ1v) is 6.20. The molecule has 0 radical (unpaired) electrons. The summed E-state index contributed by atoms with van der Waals surface area (Å²) < 4.78 is 10.1. The lowest BCUT2D eigenvalue weighted by atomic mass is 9.74. The molecule has 0 fully saturated rings. The van der Waals surface area contributed by atoms with Crippen LogP contribution in [0.5, 0.6) is 0 Å². The van der Waals surface area contributed by atoms with E-state index in [0.29, 0.717) is 26.1 Å². The number of rotatable bonds is 4. The van der Waals surface area contributed by atoms with Gasteiger partial charge in [0, 0.05) is 6.42 Å². The smallest absolute Gasteiger partial charge is 0.466 e. The summed E-state index contributed by atoms with van der Waals surface area (Å²) in [5.41, 5.74) is 3.96. The summed E-state index contributed by atoms with van der Waals surface area (Å²) in [6, 6.07) is 3.95. The van der Waals surface area contributed by atoms with Crippen molar-refractivity contribution in [3.05, 3.63) is 28.8 Å². The molecule has 0 aromatic heterocycles. The number of hydrogen-bond donors (Lipinski definition) is 1. The lowest BCUT2D eigenvalue weighted by Gasteiger charge is -2.10. The van der Waals surface area contributed by atoms with Crippen LogP contribution >= 0.6 is 0 Å². The fourth-order valence-corrected chi connectivity index (χ4v) is 2.25. The van der Waals surface area contributed by atoms with Crippen LogP contribution in [-0.2, 0) is 27.2 Å². The summed E-state index contributed by atoms with van der Waals surface area (Å²) in [5.74, 6) is -0.208. The van der Waals surface area contributed by atoms with Gasteiger partial charge in [0.2, 0.25) is 0 Å². The molecule has 2 rings (SSSR count). The van der Waals surface area contributed by atoms with Crippen molar-refractivity contribution in [2.75, 3.05) is 6.61 Å². The number of carbonyl (C=O) groups is 1. The Morgan fingerprint density at radius 2 is 2.33 bits per heavy atom. The van der Waals surface area contributed by atoms with E-state index in [0.717, 1.165) is 22.2 Å². The zero-order valence-electron chi connectivity index (χ0n) is 10.7. The number of benzene rings is 1. The van der Waals surface area contributed by atoms with Crippen molar-refractivity contribution in [2.45, 2.75) is 33.3 Å². The Bertz CT molecular complexity index is 459. The van der Waals surface area contributed by atoms with Crippen LogP contribution in [0.1, 0.15) is 30.0 Å². The molecule has 0 amide bonds. The van der Waals surface area contributed by atoms with Gasteiger partial charge in [0.05, 0.1) is 13.2 Å². The predicted molar refractivity (Wildman–Crippen MR) is 68.5 cm³/mol. The molecule has 18 heavy (non-hydrogen) atoms. The molecule has 0 unspecified atom stereocenters. The van der Waals surface area contributed by atoms with Gasteiger partial charge in [0.15, 0.2) is 0 Å². The fraction of sp³-hybridized carbons (Fsp3) is 0.462. The van der Waals surface area contributed by atoms with Gasteiger partial charge in [-0.1, -0.05) is 12.1 Å². The van der Waals surface area contributed by atoms with E-state index in [1.54, 1.807) is 6.92 Å². The summed E-state index contributed by atoms with van der Waals surface area (Å²) in [6.45, 7) is 4.63. The van der Waals surface area contributed by atoms with Gasteiger partial charge in [-0.05, 0) is 42.4 Å². The van der Waals surface area contributed by atoms with Crippen molar-refractivity contribution >= 4 is 18.6 Å². The summed E-state index contributed by atoms with van der Waals surface area (Å²) >= 11 is 0. The molecule has 0 saturated heterocycles. The van der Waals surface area contributed by atoms with E-state index in [-0.39, 0.29) is 5.97 Å². The summed E-state index contributed by atoms with van der Waals surface area (Å²) in [6.07, 6.45) is 0.901. The average molecular weight is 248 g/mol. The third-order valence-electron chi connectivity index (χ3n) is 3.22. The normalized spacial score (nSPS) is 13.6. The van der Waals surface area contributed by atoms with Crippen LogP contribution in [0.15, 0.2) is 12.1 Å². The van der Waals surface area contributed by atoms with E-state index in [1.165, 1.54) is 0 Å². The Labute approximate surface area is 107 Å². The van der Waals surface area contributed by atoms with Crippen molar-refractivity contribution in [1.82, 2.24) is 0 Å². The fourth-order valence-electron chi connectivity index (χ4n) is 2.25. The first-order chi connectivity index (χ1) is 8.63. The monoisotopic (exact) mass is 248 g/mol. The molecule has 1 aromatic carbocycles. The number of ether oxygens (including phenoxy) is 1. The van der Waals surface area contributed by atoms with Gasteiger partial charge in [-0.25, -0.2) is 0 Å². The number of esters is 1. The number of fused-ring (bicyclic) bond motifs is 1. The van der Waals surface area contributed by atoms with Crippen LogP contribution in [0.25, 0.3) is 0 Å². The van der Waals surface area contributed by atoms with Crippen LogP contribution in [-0.4, -0.2) is 24.7 Å². The molecule has 1 aliphatic rings. The molecule has 1 N–H and O–H groups in total. The van der Waals surface area contributed by atoms with Crippen molar-refractivity contribution in [3.63, 3.8) is 0 Å². The lowest BCUT2D eigenvalue weighted by Crippen LogP contribution is -2.32. The van der Waals surface area contributed by atoms with E-state index in [1.807, 2.05) is 19.1 Å². The van der Waals surface area contributed by atoms with Crippen LogP contribution in [0.2, 0.25) is 0 Å². The second kappa shape index (κ2) is 5.54. The van der Waals surface area contributed by atoms with E-state index in [9.17, 15) is 9.82 Å². The summed E-state index contributed by atoms with van der Waals surface area (Å²) in [4.78, 5) is 11.3. The van der Waals surface area contributed by atoms with Crippen molar-refractivity contribution in [3.8, 4) is 0 Å². The molecule has 0 spiro atoms. The molecule has 1 heterocycles. The first-order valence-electron chi connectivity index (χ1n) is 6.20. The predicted octanol–water partition coefficient (Wildman–Crippen LogP) is 0.708. The molecule has 0 saturated carbocycles. The van der Waals surface area contributed by atoms with Crippen LogP contribution < -0.4 is 5.46 Å². The van der Waals surface area contributed by atoms with Crippen LogP contribution in [0.4, 0.5) is 0 Å². The molecule has 1 aromatic rings. The maximum absolute atomic E-state index is 11.3. The zero-order valence-corrected chi connectivity index (χ0v) is 10.7. The second-order valence-corrected chi connectivity index (χ2v) is 4.40. The summed E-state index contributed by atoms with van der Waals surface area (Å²) in [5, 5.41) is 9.82. The first kappa shape index (κ1) is 13.1. The Hall–Kier alpha value is -1.33. The highest BCUT2D eigenvalue weighted by molar-refractivity contribution is 6.62. The lowest BCUT2D eigenvalue weighted by molar-refractivity contribution is -0.143. The number of hydrogen-bond acceptors (Lipinski definition) is 4. The Kier molecular flexibility index (Phi) is 4.04. The highest BCUT2D eigenvalue weighted by atomic mass is 16.5. The minimum absolute atomic E-state index is 0.208. The van der Waals surface area contributed by atoms with Gasteiger partial charge < -0.3 is 14.4 Å². The highest BCUT2D eigenvalue weighted by Crippen LogP contribution is 2.18. The minimum atomic E-state index is -0.864. The van der Waals surface area contributed by atoms with E-state index in [4.69, 9.17) is 9.39 Å². The molecule has 0 atom stereocenters. The maximum Gasteiger partial charge on any atom is 0.492 e. The Morgan fingerprint density at radius 1 is 1.56 bits per heavy atom. The number of aryl methyl sites for hydroxylation is 2. The van der Waals surface area contributed by atoms with E-state index in [2.05, 4.69) is 0 Å². The van der Waals surface area contributed by atoms with Crippen molar-refractivity contribution in [2.24, 2.45) is 0 Å². The van der Waals surface area contributed by atoms with Gasteiger partial charge >= 0.3 is 13.1 Å². The van der Waals surface area contributed by atoms with Gasteiger partial charge in [-0.3, -0.25) is 4.79 Å². The zero-order chi connectivity index (χ0) is 13.1. The SMILES string of the molecule is CCOC(=O)CCc1ccc(C)c2c1B(O)OC2. The Balaban J connectivity index is 2.15. The van der Waals surface area contributed by atoms with E-state index >= 15 is 0 Å². The van der Waals surface area contributed by atoms with Gasteiger partial charge in [0.1, 0.15) is 0 Å². The molecule has 96 valence electrons. The van der Waals surface area contributed by atoms with E-state index < -0.39 is 7.12 Å². The molecule has 1 aliphatic heterocycles. The quantitative estimate of drug-likeness (QED) is 0.629. The van der Waals surface area contributed by atoms with Crippen molar-refractivity contribution in [1.29, 1.82) is 0 Å². The molecular weight excluding hydrogens is 231 g/mol. The Morgan fingerprint density at radius 3 is 3.06 bits per heavy atom.